The maximum atomic E-state index is 12.6. The Bertz CT molecular complexity index is 799. The first kappa shape index (κ1) is 17.1. The lowest BCUT2D eigenvalue weighted by Gasteiger charge is -2.22. The van der Waals surface area contributed by atoms with Gasteiger partial charge in [0.25, 0.3) is 10.0 Å². The highest BCUT2D eigenvalue weighted by molar-refractivity contribution is 7.92. The number of nitrogens with one attached hydrogen (secondary N) is 1. The van der Waals surface area contributed by atoms with E-state index >= 15 is 0 Å². The van der Waals surface area contributed by atoms with Crippen molar-refractivity contribution in [2.24, 2.45) is 0 Å². The van der Waals surface area contributed by atoms with Gasteiger partial charge in [-0.2, -0.15) is 0 Å². The molecule has 2 rings (SSSR count). The van der Waals surface area contributed by atoms with Crippen LogP contribution in [0.5, 0.6) is 5.75 Å². The summed E-state index contributed by atoms with van der Waals surface area (Å²) in [5.41, 5.74) is 0.842. The van der Waals surface area contributed by atoms with Gasteiger partial charge in [0.2, 0.25) is 0 Å². The molecule has 124 valence electrons. The summed E-state index contributed by atoms with van der Waals surface area (Å²) in [6, 6.07) is 2.97. The predicted molar refractivity (Wildman–Crippen MR) is 87.1 cm³/mol. The molecular weight excluding hydrogens is 316 g/mol. The van der Waals surface area contributed by atoms with E-state index in [4.69, 9.17) is 4.74 Å². The van der Waals surface area contributed by atoms with Gasteiger partial charge in [0.1, 0.15) is 22.8 Å². The van der Waals surface area contributed by atoms with E-state index < -0.39 is 10.0 Å². The van der Waals surface area contributed by atoms with Crippen LogP contribution in [0.3, 0.4) is 0 Å². The lowest BCUT2D eigenvalue weighted by molar-refractivity contribution is 0.389. The summed E-state index contributed by atoms with van der Waals surface area (Å²) >= 11 is 0. The Balaban J connectivity index is 2.51. The Morgan fingerprint density at radius 3 is 2.48 bits per heavy atom. The molecule has 2 heterocycles. The number of aryl methyl sites for hydroxylation is 1. The van der Waals surface area contributed by atoms with Crippen LogP contribution < -0.4 is 9.46 Å². The summed E-state index contributed by atoms with van der Waals surface area (Å²) < 4.78 is 32.9. The van der Waals surface area contributed by atoms with E-state index in [9.17, 15) is 8.42 Å². The van der Waals surface area contributed by atoms with Crippen molar-refractivity contribution in [1.29, 1.82) is 0 Å². The quantitative estimate of drug-likeness (QED) is 0.920. The summed E-state index contributed by atoms with van der Waals surface area (Å²) in [5, 5.41) is 0. The molecule has 0 saturated heterocycles. The smallest absolute Gasteiger partial charge is 0.264 e. The van der Waals surface area contributed by atoms with Crippen LogP contribution in [0.4, 0.5) is 5.82 Å². The van der Waals surface area contributed by atoms with Crippen molar-refractivity contribution < 1.29 is 13.2 Å². The molecule has 0 fully saturated rings. The SMILES string of the molecule is COc1cc(S(=O)(=O)Nc2ccncn2)c(C)nc1C(C)(C)C. The first-order valence-electron chi connectivity index (χ1n) is 7.00. The van der Waals surface area contributed by atoms with Gasteiger partial charge in [-0.15, -0.1) is 0 Å². The molecule has 0 radical (unpaired) electrons. The van der Waals surface area contributed by atoms with Crippen LogP contribution in [0.1, 0.15) is 32.2 Å². The molecule has 0 atom stereocenters. The average molecular weight is 336 g/mol. The predicted octanol–water partition coefficient (Wildman–Crippen LogP) is 2.29. The van der Waals surface area contributed by atoms with Crippen LogP contribution in [0.25, 0.3) is 0 Å². The molecular formula is C15H20N4O3S. The van der Waals surface area contributed by atoms with Crippen LogP contribution in [0.15, 0.2) is 29.6 Å². The standard InChI is InChI=1S/C15H20N4O3S/c1-10-12(8-11(22-5)14(18-10)15(2,3)4)23(20,21)19-13-6-7-16-9-17-13/h6-9H,1-5H3,(H,16,17,19). The largest absolute Gasteiger partial charge is 0.495 e. The van der Waals surface area contributed by atoms with Crippen LogP contribution in [0.2, 0.25) is 0 Å². The molecule has 8 heteroatoms. The van der Waals surface area contributed by atoms with Gasteiger partial charge < -0.3 is 4.74 Å². The van der Waals surface area contributed by atoms with Crippen LogP contribution in [0, 0.1) is 6.92 Å². The van der Waals surface area contributed by atoms with E-state index in [-0.39, 0.29) is 16.1 Å². The second kappa shape index (κ2) is 6.11. The molecule has 7 nitrogen and oxygen atoms in total. The first-order valence-corrected chi connectivity index (χ1v) is 8.48. The third kappa shape index (κ3) is 3.76. The van der Waals surface area contributed by atoms with E-state index in [1.165, 1.54) is 31.8 Å². The number of hydrogen-bond donors (Lipinski definition) is 1. The Morgan fingerprint density at radius 1 is 1.26 bits per heavy atom. The summed E-state index contributed by atoms with van der Waals surface area (Å²) in [6.45, 7) is 7.63. The summed E-state index contributed by atoms with van der Waals surface area (Å²) in [7, 11) is -2.33. The van der Waals surface area contributed by atoms with Crippen molar-refractivity contribution in [3.8, 4) is 5.75 Å². The number of pyridine rings is 1. The van der Waals surface area contributed by atoms with Crippen molar-refractivity contribution in [2.75, 3.05) is 11.8 Å². The second-order valence-electron chi connectivity index (χ2n) is 6.07. The van der Waals surface area contributed by atoms with Crippen molar-refractivity contribution >= 4 is 15.8 Å². The molecule has 0 spiro atoms. The fourth-order valence-corrected chi connectivity index (χ4v) is 3.28. The van der Waals surface area contributed by atoms with Crippen molar-refractivity contribution in [1.82, 2.24) is 15.0 Å². The molecule has 0 aliphatic carbocycles. The fourth-order valence-electron chi connectivity index (χ4n) is 2.08. The zero-order chi connectivity index (χ0) is 17.3. The van der Waals surface area contributed by atoms with Gasteiger partial charge in [0.15, 0.2) is 0 Å². The highest BCUT2D eigenvalue weighted by Crippen LogP contribution is 2.32. The molecule has 0 aliphatic heterocycles. The maximum absolute atomic E-state index is 12.6. The fraction of sp³-hybridized carbons (Fsp3) is 0.400. The van der Waals surface area contributed by atoms with Gasteiger partial charge >= 0.3 is 0 Å². The number of aromatic nitrogens is 3. The van der Waals surface area contributed by atoms with Gasteiger partial charge in [0, 0.05) is 17.7 Å². The van der Waals surface area contributed by atoms with Crippen LogP contribution in [-0.2, 0) is 15.4 Å². The molecule has 2 aromatic heterocycles. The molecule has 0 saturated carbocycles. The Labute approximate surface area is 136 Å². The zero-order valence-corrected chi connectivity index (χ0v) is 14.6. The van der Waals surface area contributed by atoms with Crippen molar-refractivity contribution in [3.63, 3.8) is 0 Å². The highest BCUT2D eigenvalue weighted by atomic mass is 32.2. The lowest BCUT2D eigenvalue weighted by Crippen LogP contribution is -2.20. The van der Waals surface area contributed by atoms with Gasteiger partial charge in [-0.1, -0.05) is 20.8 Å². The van der Waals surface area contributed by atoms with E-state index in [1.54, 1.807) is 6.92 Å². The lowest BCUT2D eigenvalue weighted by atomic mass is 9.91. The Kier molecular flexibility index (Phi) is 4.56. The molecule has 0 aliphatic rings. The van der Waals surface area contributed by atoms with Crippen LogP contribution >= 0.6 is 0 Å². The molecule has 0 bridgehead atoms. The third-order valence-electron chi connectivity index (χ3n) is 3.17. The van der Waals surface area contributed by atoms with E-state index in [2.05, 4.69) is 19.7 Å². The minimum absolute atomic E-state index is 0.0564. The van der Waals surface area contributed by atoms with Gasteiger partial charge in [-0.05, 0) is 13.0 Å². The number of rotatable bonds is 4. The molecule has 23 heavy (non-hydrogen) atoms. The van der Waals surface area contributed by atoms with Gasteiger partial charge in [-0.3, -0.25) is 9.71 Å². The normalized spacial score (nSPS) is 12.0. The minimum Gasteiger partial charge on any atom is -0.495 e. The second-order valence-corrected chi connectivity index (χ2v) is 7.72. The van der Waals surface area contributed by atoms with Gasteiger partial charge in [0.05, 0.1) is 18.5 Å². The number of hydrogen-bond acceptors (Lipinski definition) is 6. The Morgan fingerprint density at radius 2 is 1.96 bits per heavy atom. The Hall–Kier alpha value is -2.22. The minimum atomic E-state index is -3.82. The number of nitrogens with zero attached hydrogens (tertiary/aromatic N) is 3. The molecule has 0 aromatic carbocycles. The summed E-state index contributed by atoms with van der Waals surface area (Å²) in [5.74, 6) is 0.629. The molecule has 0 unspecified atom stereocenters. The zero-order valence-electron chi connectivity index (χ0n) is 13.8. The third-order valence-corrected chi connectivity index (χ3v) is 4.64. The summed E-state index contributed by atoms with van der Waals surface area (Å²) in [4.78, 5) is 12.1. The average Bonchev–Trinajstić information content (AvgIpc) is 2.46. The topological polar surface area (TPSA) is 94.1 Å². The van der Waals surface area contributed by atoms with Crippen LogP contribution in [-0.4, -0.2) is 30.5 Å². The maximum Gasteiger partial charge on any atom is 0.264 e. The molecule has 2 aromatic rings. The van der Waals surface area contributed by atoms with E-state index in [1.807, 2.05) is 20.8 Å². The number of sulfonamides is 1. The van der Waals surface area contributed by atoms with Gasteiger partial charge in [-0.25, -0.2) is 18.4 Å². The molecule has 0 amide bonds. The highest BCUT2D eigenvalue weighted by Gasteiger charge is 2.26. The van der Waals surface area contributed by atoms with E-state index in [0.717, 1.165) is 0 Å². The van der Waals surface area contributed by atoms with Crippen molar-refractivity contribution in [3.05, 3.63) is 36.0 Å². The molecule has 1 N–H and O–H groups in total. The number of methoxy groups -OCH3 is 1. The first-order chi connectivity index (χ1) is 10.6. The summed E-state index contributed by atoms with van der Waals surface area (Å²) in [6.07, 6.45) is 2.73. The number of anilines is 1. The number of ether oxygens (including phenoxy) is 1. The van der Waals surface area contributed by atoms with E-state index in [0.29, 0.717) is 17.1 Å². The van der Waals surface area contributed by atoms with Crippen molar-refractivity contribution in [2.45, 2.75) is 38.0 Å². The monoisotopic (exact) mass is 336 g/mol.